The van der Waals surface area contributed by atoms with Gasteiger partial charge in [0.2, 0.25) is 5.91 Å². The Morgan fingerprint density at radius 2 is 1.64 bits per heavy atom. The number of carbonyl (C=O) groups excluding carboxylic acids is 2. The lowest BCUT2D eigenvalue weighted by molar-refractivity contribution is -0.145. The topological polar surface area (TPSA) is 95.9 Å². The van der Waals surface area contributed by atoms with E-state index >= 15 is 0 Å². The Kier molecular flexibility index (Phi) is 5.79. The van der Waals surface area contributed by atoms with Crippen molar-refractivity contribution < 1.29 is 24.2 Å². The molecule has 1 saturated carbocycles. The van der Waals surface area contributed by atoms with Gasteiger partial charge in [0.1, 0.15) is 13.2 Å². The first-order valence-electron chi connectivity index (χ1n) is 11.6. The smallest absolute Gasteiger partial charge is 0.407 e. The number of carboxylic acid groups (broad SMARTS) is 1. The SMILES string of the molecule is O=C(NCC(=O)N1CCC2CCC(C(=O)O)CC21)OCC1c2ccccc2-c2ccccc21. The molecule has 2 fully saturated rings. The van der Waals surface area contributed by atoms with E-state index in [0.29, 0.717) is 25.3 Å². The molecule has 2 aliphatic carbocycles. The van der Waals surface area contributed by atoms with Crippen LogP contribution in [0.2, 0.25) is 0 Å². The van der Waals surface area contributed by atoms with Gasteiger partial charge < -0.3 is 20.1 Å². The normalized spacial score (nSPS) is 23.4. The first-order valence-corrected chi connectivity index (χ1v) is 11.6. The Morgan fingerprint density at radius 1 is 0.970 bits per heavy atom. The molecule has 3 aliphatic rings. The molecule has 3 atom stereocenters. The minimum Gasteiger partial charge on any atom is -0.481 e. The molecule has 5 rings (SSSR count). The van der Waals surface area contributed by atoms with E-state index in [1.165, 1.54) is 0 Å². The molecule has 7 nitrogen and oxygen atoms in total. The Balaban J connectivity index is 1.16. The second-order valence-corrected chi connectivity index (χ2v) is 9.23. The van der Waals surface area contributed by atoms with E-state index in [-0.39, 0.29) is 31.0 Å². The van der Waals surface area contributed by atoms with Gasteiger partial charge >= 0.3 is 12.1 Å². The Hall–Kier alpha value is -3.35. The maximum absolute atomic E-state index is 12.8. The first kappa shape index (κ1) is 21.5. The van der Waals surface area contributed by atoms with Crippen LogP contribution < -0.4 is 5.32 Å². The van der Waals surface area contributed by atoms with Gasteiger partial charge in [-0.25, -0.2) is 4.79 Å². The van der Waals surface area contributed by atoms with Crippen molar-refractivity contribution in [1.29, 1.82) is 0 Å². The minimum absolute atomic E-state index is 0.0339. The second kappa shape index (κ2) is 8.89. The molecule has 1 saturated heterocycles. The number of aliphatic carboxylic acids is 1. The third-order valence-electron chi connectivity index (χ3n) is 7.49. The van der Waals surface area contributed by atoms with Crippen molar-refractivity contribution in [3.05, 3.63) is 59.7 Å². The van der Waals surface area contributed by atoms with Crippen molar-refractivity contribution in [2.75, 3.05) is 19.7 Å². The summed E-state index contributed by atoms with van der Waals surface area (Å²) in [5, 5.41) is 11.9. The van der Waals surface area contributed by atoms with Crippen LogP contribution in [0.15, 0.2) is 48.5 Å². The van der Waals surface area contributed by atoms with Crippen LogP contribution in [0, 0.1) is 11.8 Å². The lowest BCUT2D eigenvalue weighted by atomic mass is 9.78. The molecule has 1 aliphatic heterocycles. The summed E-state index contributed by atoms with van der Waals surface area (Å²) in [7, 11) is 0. The summed E-state index contributed by atoms with van der Waals surface area (Å²) in [5.74, 6) is -1.03. The zero-order chi connectivity index (χ0) is 22.9. The average molecular weight is 449 g/mol. The molecule has 0 radical (unpaired) electrons. The number of fused-ring (bicyclic) bond motifs is 4. The second-order valence-electron chi connectivity index (χ2n) is 9.23. The molecule has 3 unspecified atom stereocenters. The van der Waals surface area contributed by atoms with Gasteiger partial charge in [0.05, 0.1) is 5.92 Å². The van der Waals surface area contributed by atoms with Crippen LogP contribution in [0.1, 0.15) is 42.7 Å². The molecule has 0 bridgehead atoms. The van der Waals surface area contributed by atoms with E-state index in [4.69, 9.17) is 4.74 Å². The van der Waals surface area contributed by atoms with Crippen molar-refractivity contribution >= 4 is 18.0 Å². The molecule has 33 heavy (non-hydrogen) atoms. The van der Waals surface area contributed by atoms with Gasteiger partial charge in [0, 0.05) is 18.5 Å². The molecule has 2 N–H and O–H groups in total. The van der Waals surface area contributed by atoms with Gasteiger partial charge in [0.25, 0.3) is 0 Å². The number of hydrogen-bond donors (Lipinski definition) is 2. The molecule has 0 spiro atoms. The highest BCUT2D eigenvalue weighted by Crippen LogP contribution is 2.44. The number of carboxylic acids is 1. The molecular weight excluding hydrogens is 420 g/mol. The van der Waals surface area contributed by atoms with Gasteiger partial charge in [0.15, 0.2) is 0 Å². The highest BCUT2D eigenvalue weighted by Gasteiger charge is 2.42. The highest BCUT2D eigenvalue weighted by molar-refractivity contribution is 5.83. The number of amides is 2. The summed E-state index contributed by atoms with van der Waals surface area (Å²) in [6, 6.07) is 16.2. The zero-order valence-corrected chi connectivity index (χ0v) is 18.4. The monoisotopic (exact) mass is 448 g/mol. The summed E-state index contributed by atoms with van der Waals surface area (Å²) in [6.07, 6.45) is 2.29. The molecule has 2 aromatic carbocycles. The Morgan fingerprint density at radius 3 is 2.30 bits per heavy atom. The minimum atomic E-state index is -0.787. The Labute approximate surface area is 192 Å². The van der Waals surface area contributed by atoms with Crippen molar-refractivity contribution in [2.24, 2.45) is 11.8 Å². The third kappa shape index (κ3) is 4.08. The van der Waals surface area contributed by atoms with Crippen molar-refractivity contribution in [2.45, 2.75) is 37.6 Å². The van der Waals surface area contributed by atoms with E-state index in [0.717, 1.165) is 35.1 Å². The number of alkyl carbamates (subject to hydrolysis) is 1. The van der Waals surface area contributed by atoms with E-state index in [1.54, 1.807) is 4.90 Å². The molecule has 172 valence electrons. The maximum Gasteiger partial charge on any atom is 0.407 e. The quantitative estimate of drug-likeness (QED) is 0.728. The van der Waals surface area contributed by atoms with Crippen molar-refractivity contribution in [3.63, 3.8) is 0 Å². The van der Waals surface area contributed by atoms with Crippen LogP contribution in [0.5, 0.6) is 0 Å². The fourth-order valence-corrected chi connectivity index (χ4v) is 5.83. The summed E-state index contributed by atoms with van der Waals surface area (Å²) < 4.78 is 5.51. The highest BCUT2D eigenvalue weighted by atomic mass is 16.5. The van der Waals surface area contributed by atoms with Crippen LogP contribution in [-0.2, 0) is 14.3 Å². The molecule has 2 aromatic rings. The summed E-state index contributed by atoms with van der Waals surface area (Å²) >= 11 is 0. The number of hydrogen-bond acceptors (Lipinski definition) is 4. The Bertz CT molecular complexity index is 1040. The van der Waals surface area contributed by atoms with Crippen LogP contribution >= 0.6 is 0 Å². The van der Waals surface area contributed by atoms with Gasteiger partial charge in [-0.15, -0.1) is 0 Å². The largest absolute Gasteiger partial charge is 0.481 e. The van der Waals surface area contributed by atoms with E-state index < -0.39 is 18.0 Å². The van der Waals surface area contributed by atoms with Crippen LogP contribution in [-0.4, -0.2) is 53.7 Å². The average Bonchev–Trinajstić information content (AvgIpc) is 3.40. The summed E-state index contributed by atoms with van der Waals surface area (Å²) in [5.41, 5.74) is 4.59. The van der Waals surface area contributed by atoms with Crippen LogP contribution in [0.4, 0.5) is 4.79 Å². The number of benzene rings is 2. The lowest BCUT2D eigenvalue weighted by Gasteiger charge is -2.34. The number of carbonyl (C=O) groups is 3. The number of nitrogens with zero attached hydrogens (tertiary/aromatic N) is 1. The van der Waals surface area contributed by atoms with E-state index in [9.17, 15) is 19.5 Å². The molecule has 1 heterocycles. The van der Waals surface area contributed by atoms with Crippen LogP contribution in [0.25, 0.3) is 11.1 Å². The third-order valence-corrected chi connectivity index (χ3v) is 7.49. The van der Waals surface area contributed by atoms with Crippen molar-refractivity contribution in [3.8, 4) is 11.1 Å². The number of ether oxygens (including phenoxy) is 1. The molecule has 0 aromatic heterocycles. The zero-order valence-electron chi connectivity index (χ0n) is 18.4. The summed E-state index contributed by atoms with van der Waals surface area (Å²) in [4.78, 5) is 38.3. The maximum atomic E-state index is 12.8. The summed E-state index contributed by atoms with van der Waals surface area (Å²) in [6.45, 7) is 0.674. The van der Waals surface area contributed by atoms with E-state index in [1.807, 2.05) is 24.3 Å². The standard InChI is InChI=1S/C26H28N2O5/c29-24(28-12-11-16-9-10-17(25(30)31)13-23(16)28)14-27-26(32)33-15-22-20-7-3-1-5-18(20)19-6-2-4-8-21(19)22/h1-8,16-17,22-23H,9-15H2,(H,27,32)(H,30,31). The van der Waals surface area contributed by atoms with Crippen LogP contribution in [0.3, 0.4) is 0 Å². The molecular formula is C26H28N2O5. The fraction of sp³-hybridized carbons (Fsp3) is 0.423. The number of nitrogens with one attached hydrogen (secondary N) is 1. The van der Waals surface area contributed by atoms with Gasteiger partial charge in [-0.1, -0.05) is 48.5 Å². The van der Waals surface area contributed by atoms with Gasteiger partial charge in [-0.2, -0.15) is 0 Å². The van der Waals surface area contributed by atoms with E-state index in [2.05, 4.69) is 29.6 Å². The number of likely N-dealkylation sites (tertiary alicyclic amines) is 1. The number of rotatable bonds is 5. The first-order chi connectivity index (χ1) is 16.0. The predicted octanol–water partition coefficient (Wildman–Crippen LogP) is 3.63. The molecule has 2 amide bonds. The lowest BCUT2D eigenvalue weighted by Crippen LogP contribution is -2.46. The van der Waals surface area contributed by atoms with Crippen molar-refractivity contribution in [1.82, 2.24) is 10.2 Å². The van der Waals surface area contributed by atoms with Gasteiger partial charge in [-0.3, -0.25) is 9.59 Å². The fourth-order valence-electron chi connectivity index (χ4n) is 5.83. The van der Waals surface area contributed by atoms with Gasteiger partial charge in [-0.05, 0) is 53.9 Å². The predicted molar refractivity (Wildman–Crippen MR) is 122 cm³/mol. The molecule has 7 heteroatoms.